The summed E-state index contributed by atoms with van der Waals surface area (Å²) in [6.45, 7) is 2.35. The van der Waals surface area contributed by atoms with E-state index in [4.69, 9.17) is 15.7 Å². The number of nitrogens with zero attached hydrogens (tertiary/aromatic N) is 3. The molecule has 2 atom stereocenters. The third-order valence-electron chi connectivity index (χ3n) is 2.89. The molecule has 1 saturated heterocycles. The van der Waals surface area contributed by atoms with Crippen molar-refractivity contribution in [2.45, 2.75) is 25.5 Å². The molecule has 21 heavy (non-hydrogen) atoms. The number of carbonyl (C=O) groups excluding carboxylic acids is 2. The summed E-state index contributed by atoms with van der Waals surface area (Å²) in [7, 11) is 1.24. The molecule has 1 aliphatic rings. The average Bonchev–Trinajstić information content (AvgIpc) is 2.89. The summed E-state index contributed by atoms with van der Waals surface area (Å²) >= 11 is 0. The number of nitrogens with two attached hydrogens (primary N) is 1. The molecule has 1 aliphatic heterocycles. The number of rotatable bonds is 4. The topological polar surface area (TPSA) is 130 Å². The molecule has 1 rings (SSSR count). The van der Waals surface area contributed by atoms with Gasteiger partial charge in [0.15, 0.2) is 6.19 Å². The summed E-state index contributed by atoms with van der Waals surface area (Å²) in [5, 5.41) is 11.2. The Labute approximate surface area is 122 Å². The van der Waals surface area contributed by atoms with Gasteiger partial charge in [0.2, 0.25) is 5.96 Å². The summed E-state index contributed by atoms with van der Waals surface area (Å²) in [6.07, 6.45) is 2.19. The van der Waals surface area contributed by atoms with E-state index in [0.29, 0.717) is 25.5 Å². The van der Waals surface area contributed by atoms with Crippen LogP contribution in [-0.4, -0.2) is 61.7 Å². The molecule has 9 heteroatoms. The minimum atomic E-state index is -0.891. The van der Waals surface area contributed by atoms with Gasteiger partial charge in [0.05, 0.1) is 20.2 Å². The van der Waals surface area contributed by atoms with Gasteiger partial charge in [-0.3, -0.25) is 19.9 Å². The van der Waals surface area contributed by atoms with E-state index in [-0.39, 0.29) is 18.6 Å². The monoisotopic (exact) mass is 297 g/mol. The number of hydrogen-bond donors (Lipinski definition) is 2. The number of ether oxygens (including phenoxy) is 2. The third kappa shape index (κ3) is 5.27. The summed E-state index contributed by atoms with van der Waals surface area (Å²) in [4.78, 5) is 28.0. The zero-order valence-electron chi connectivity index (χ0n) is 12.0. The van der Waals surface area contributed by atoms with Gasteiger partial charge in [0.1, 0.15) is 12.1 Å². The van der Waals surface area contributed by atoms with Crippen molar-refractivity contribution < 1.29 is 19.1 Å². The molecular weight excluding hydrogens is 278 g/mol. The second kappa shape index (κ2) is 8.06. The highest BCUT2D eigenvalue weighted by atomic mass is 16.5. The van der Waals surface area contributed by atoms with Crippen molar-refractivity contribution in [1.82, 2.24) is 10.2 Å². The van der Waals surface area contributed by atoms with E-state index in [1.165, 1.54) is 14.0 Å². The van der Waals surface area contributed by atoms with Gasteiger partial charge in [-0.1, -0.05) is 0 Å². The summed E-state index contributed by atoms with van der Waals surface area (Å²) in [5.74, 6) is -0.623. The van der Waals surface area contributed by atoms with Crippen LogP contribution in [0, 0.1) is 11.5 Å². The van der Waals surface area contributed by atoms with Gasteiger partial charge < -0.3 is 20.1 Å². The van der Waals surface area contributed by atoms with Crippen LogP contribution in [0.3, 0.4) is 0 Å². The highest BCUT2D eigenvalue weighted by molar-refractivity contribution is 5.82. The van der Waals surface area contributed by atoms with Crippen molar-refractivity contribution in [3.63, 3.8) is 0 Å². The zero-order chi connectivity index (χ0) is 15.8. The first-order valence-electron chi connectivity index (χ1n) is 6.43. The Balaban J connectivity index is 2.63. The first-order valence-corrected chi connectivity index (χ1v) is 6.43. The number of esters is 2. The standard InChI is InChI=1S/C12H19N5O4/c1-8(18)21-9-3-4-17(6-9)12(16-7-13)15-5-10(14)11(19)20-2/h9-10H,3-6,14H2,1-2H3,(H,15,16)/t9-,10-/m0/s1. The van der Waals surface area contributed by atoms with E-state index in [1.54, 1.807) is 11.1 Å². The molecule has 0 aliphatic carbocycles. The smallest absolute Gasteiger partial charge is 0.324 e. The Morgan fingerprint density at radius 3 is 2.90 bits per heavy atom. The number of likely N-dealkylation sites (tertiary alicyclic amines) is 1. The van der Waals surface area contributed by atoms with E-state index in [1.807, 2.05) is 0 Å². The minimum Gasteiger partial charge on any atom is -0.468 e. The summed E-state index contributed by atoms with van der Waals surface area (Å²) in [5.41, 5.74) is 5.58. The average molecular weight is 297 g/mol. The SMILES string of the molecule is COC(=O)[C@@H](N)CN=C(NC#N)N1CC[C@H](OC(C)=O)C1. The molecule has 0 aromatic heterocycles. The van der Waals surface area contributed by atoms with Gasteiger partial charge in [-0.2, -0.15) is 5.26 Å². The molecule has 0 amide bonds. The number of carbonyl (C=O) groups is 2. The van der Waals surface area contributed by atoms with Crippen molar-refractivity contribution in [2.75, 3.05) is 26.7 Å². The Bertz CT molecular complexity index is 459. The summed E-state index contributed by atoms with van der Waals surface area (Å²) in [6, 6.07) is -0.891. The Morgan fingerprint density at radius 1 is 1.62 bits per heavy atom. The third-order valence-corrected chi connectivity index (χ3v) is 2.89. The van der Waals surface area contributed by atoms with Gasteiger partial charge >= 0.3 is 11.9 Å². The molecule has 0 bridgehead atoms. The van der Waals surface area contributed by atoms with Crippen molar-refractivity contribution in [1.29, 1.82) is 5.26 Å². The molecule has 0 spiro atoms. The first kappa shape index (κ1) is 16.7. The van der Waals surface area contributed by atoms with Crippen molar-refractivity contribution in [2.24, 2.45) is 10.7 Å². The van der Waals surface area contributed by atoms with E-state index in [9.17, 15) is 9.59 Å². The van der Waals surface area contributed by atoms with Crippen LogP contribution in [0.15, 0.2) is 4.99 Å². The maximum atomic E-state index is 11.2. The van der Waals surface area contributed by atoms with Crippen LogP contribution in [0.1, 0.15) is 13.3 Å². The fourth-order valence-corrected chi connectivity index (χ4v) is 1.93. The molecule has 0 saturated carbocycles. The second-order valence-corrected chi connectivity index (χ2v) is 4.50. The normalized spacial score (nSPS) is 19.6. The van der Waals surface area contributed by atoms with Crippen LogP contribution < -0.4 is 11.1 Å². The lowest BCUT2D eigenvalue weighted by Gasteiger charge is -2.19. The van der Waals surface area contributed by atoms with Gasteiger partial charge in [0.25, 0.3) is 0 Å². The summed E-state index contributed by atoms with van der Waals surface area (Å²) < 4.78 is 9.61. The predicted molar refractivity (Wildman–Crippen MR) is 72.8 cm³/mol. The van der Waals surface area contributed by atoms with Crippen LogP contribution in [0.2, 0.25) is 0 Å². The fraction of sp³-hybridized carbons (Fsp3) is 0.667. The van der Waals surface area contributed by atoms with Gasteiger partial charge in [-0.05, 0) is 0 Å². The number of aliphatic imine (C=N–C) groups is 1. The Kier molecular flexibility index (Phi) is 6.42. The minimum absolute atomic E-state index is 0.00851. The van der Waals surface area contributed by atoms with Crippen LogP contribution in [-0.2, 0) is 19.1 Å². The number of nitriles is 1. The van der Waals surface area contributed by atoms with E-state index in [0.717, 1.165) is 0 Å². The van der Waals surface area contributed by atoms with Gasteiger partial charge in [-0.15, -0.1) is 0 Å². The van der Waals surface area contributed by atoms with Crippen LogP contribution in [0.5, 0.6) is 0 Å². The molecule has 0 unspecified atom stereocenters. The zero-order valence-corrected chi connectivity index (χ0v) is 12.0. The molecule has 1 heterocycles. The van der Waals surface area contributed by atoms with Gasteiger partial charge in [0, 0.05) is 19.9 Å². The van der Waals surface area contributed by atoms with Crippen LogP contribution >= 0.6 is 0 Å². The van der Waals surface area contributed by atoms with Crippen LogP contribution in [0.25, 0.3) is 0 Å². The predicted octanol–water partition coefficient (Wildman–Crippen LogP) is -1.45. The van der Waals surface area contributed by atoms with Gasteiger partial charge in [-0.25, -0.2) is 0 Å². The lowest BCUT2D eigenvalue weighted by atomic mass is 10.3. The molecule has 0 aromatic rings. The first-order chi connectivity index (χ1) is 9.97. The number of hydrogen-bond acceptors (Lipinski definition) is 7. The molecule has 116 valence electrons. The molecule has 1 fully saturated rings. The van der Waals surface area contributed by atoms with E-state index in [2.05, 4.69) is 15.0 Å². The largest absolute Gasteiger partial charge is 0.468 e. The van der Waals surface area contributed by atoms with E-state index < -0.39 is 12.0 Å². The van der Waals surface area contributed by atoms with Crippen molar-refractivity contribution >= 4 is 17.9 Å². The molecule has 3 N–H and O–H groups in total. The highest BCUT2D eigenvalue weighted by Gasteiger charge is 2.27. The number of methoxy groups -OCH3 is 1. The Hall–Kier alpha value is -2.34. The lowest BCUT2D eigenvalue weighted by Crippen LogP contribution is -2.41. The molecule has 0 radical (unpaired) electrons. The maximum absolute atomic E-state index is 11.2. The maximum Gasteiger partial charge on any atom is 0.324 e. The molecular formula is C12H19N5O4. The van der Waals surface area contributed by atoms with Crippen molar-refractivity contribution in [3.05, 3.63) is 0 Å². The lowest BCUT2D eigenvalue weighted by molar-refractivity contribution is -0.145. The van der Waals surface area contributed by atoms with Crippen molar-refractivity contribution in [3.8, 4) is 6.19 Å². The fourth-order valence-electron chi connectivity index (χ4n) is 1.93. The Morgan fingerprint density at radius 2 is 2.33 bits per heavy atom. The van der Waals surface area contributed by atoms with E-state index >= 15 is 0 Å². The quantitative estimate of drug-likeness (QED) is 0.212. The van der Waals surface area contributed by atoms with Crippen LogP contribution in [0.4, 0.5) is 0 Å². The highest BCUT2D eigenvalue weighted by Crippen LogP contribution is 2.13. The molecule has 0 aromatic carbocycles. The number of guanidine groups is 1. The second-order valence-electron chi connectivity index (χ2n) is 4.50. The number of nitrogens with one attached hydrogen (secondary N) is 1. The molecule has 9 nitrogen and oxygen atoms in total.